The number of aliphatic hydroxyl groups excluding tert-OH is 1. The van der Waals surface area contributed by atoms with Crippen LogP contribution in [0.2, 0.25) is 5.02 Å². The van der Waals surface area contributed by atoms with Crippen LogP contribution >= 0.6 is 23.4 Å². The molecule has 2 aliphatic rings. The number of halogens is 1. The highest BCUT2D eigenvalue weighted by molar-refractivity contribution is 7.99. The molecule has 2 heterocycles. The third-order valence-corrected chi connectivity index (χ3v) is 6.76. The van der Waals surface area contributed by atoms with E-state index in [0.717, 1.165) is 9.79 Å². The summed E-state index contributed by atoms with van der Waals surface area (Å²) in [7, 11) is 0. The molecule has 12 nitrogen and oxygen atoms in total. The molecule has 0 aliphatic carbocycles. The van der Waals surface area contributed by atoms with E-state index in [1.807, 2.05) is 17.0 Å². The number of rotatable bonds is 10. The van der Waals surface area contributed by atoms with E-state index < -0.39 is 43.2 Å². The first kappa shape index (κ1) is 26.7. The Bertz CT molecular complexity index is 1510. The molecule has 0 amide bonds. The molecule has 1 saturated heterocycles. The van der Waals surface area contributed by atoms with E-state index in [-0.39, 0.29) is 19.7 Å². The van der Waals surface area contributed by atoms with Crippen LogP contribution in [0.5, 0.6) is 0 Å². The van der Waals surface area contributed by atoms with E-state index in [9.17, 15) is 19.2 Å². The lowest BCUT2D eigenvalue weighted by atomic mass is 10.2. The van der Waals surface area contributed by atoms with Gasteiger partial charge in [0.1, 0.15) is 0 Å². The molecule has 0 saturated carbocycles. The van der Waals surface area contributed by atoms with Crippen molar-refractivity contribution in [2.45, 2.75) is 16.2 Å². The molecule has 0 atom stereocenters. The third-order valence-electron chi connectivity index (χ3n) is 5.40. The second kappa shape index (κ2) is 18.6. The van der Waals surface area contributed by atoms with Crippen LogP contribution in [-0.4, -0.2) is 112 Å². The van der Waals surface area contributed by atoms with Crippen molar-refractivity contribution in [2.75, 3.05) is 57.2 Å². The Balaban J connectivity index is 0.000000432. The maximum atomic E-state index is 9.55. The average Bonchev–Trinajstić information content (AvgIpc) is 3.02. The zero-order valence-corrected chi connectivity index (χ0v) is 24.2. The van der Waals surface area contributed by atoms with E-state index in [4.69, 9.17) is 45.4 Å². The number of carboxylic acid groups (broad SMARTS) is 4. The number of carbonyl (C=O) groups is 4. The van der Waals surface area contributed by atoms with Crippen molar-refractivity contribution in [1.29, 1.82) is 0 Å². The molecule has 2 aromatic rings. The van der Waals surface area contributed by atoms with Gasteiger partial charge in [0, 0.05) is 86.6 Å². The Morgan fingerprint density at radius 1 is 0.767 bits per heavy atom. The number of para-hydroxylation sites is 1. The van der Waals surface area contributed by atoms with E-state index in [0.29, 0.717) is 60.3 Å². The van der Waals surface area contributed by atoms with Gasteiger partial charge in [-0.25, -0.2) is 19.2 Å². The minimum atomic E-state index is -2.92. The number of piperazine rings is 1. The fraction of sp³-hybridized carbons (Fsp3) is 0.310. The van der Waals surface area contributed by atoms with Crippen LogP contribution in [0.1, 0.15) is 14.6 Å². The summed E-state index contributed by atoms with van der Waals surface area (Å²) < 4.78 is 53.1. The summed E-state index contributed by atoms with van der Waals surface area (Å²) >= 11 is 7.67. The minimum absolute atomic E-state index is 0.00458. The number of carboxylic acids is 4. The maximum absolute atomic E-state index is 9.55. The van der Waals surface area contributed by atoms with Crippen molar-refractivity contribution >= 4 is 58.6 Å². The Morgan fingerprint density at radius 3 is 1.81 bits per heavy atom. The molecule has 0 bridgehead atoms. The number of benzene rings is 2. The highest BCUT2D eigenvalue weighted by Crippen LogP contribution is 2.48. The first-order valence-corrected chi connectivity index (χ1v) is 13.7. The van der Waals surface area contributed by atoms with E-state index in [2.05, 4.69) is 0 Å². The third kappa shape index (κ3) is 13.3. The topological polar surface area (TPSA) is 179 Å². The van der Waals surface area contributed by atoms with Gasteiger partial charge in [0.05, 0.1) is 18.0 Å². The average molecular weight is 642 g/mol. The van der Waals surface area contributed by atoms with Gasteiger partial charge in [-0.05, 0) is 43.2 Å². The summed E-state index contributed by atoms with van der Waals surface area (Å²) in [6, 6.07) is 12.2. The van der Waals surface area contributed by atoms with E-state index in [1.54, 1.807) is 30.3 Å². The summed E-state index contributed by atoms with van der Waals surface area (Å²) in [6.45, 7) is -3.46. The first-order chi connectivity index (χ1) is 22.8. The lowest BCUT2D eigenvalue weighted by molar-refractivity contribution is -0.134. The van der Waals surface area contributed by atoms with Crippen molar-refractivity contribution in [1.82, 2.24) is 9.80 Å². The molecular weight excluding hydrogens is 602 g/mol. The number of anilines is 2. The largest absolute Gasteiger partial charge is 0.478 e. The first-order valence-electron chi connectivity index (χ1n) is 15.5. The lowest BCUT2D eigenvalue weighted by Crippen LogP contribution is -2.47. The monoisotopic (exact) mass is 641 g/mol. The van der Waals surface area contributed by atoms with Crippen LogP contribution in [0.15, 0.2) is 76.6 Å². The van der Waals surface area contributed by atoms with Crippen molar-refractivity contribution < 1.29 is 52.9 Å². The van der Waals surface area contributed by atoms with Crippen molar-refractivity contribution in [3.63, 3.8) is 0 Å². The van der Waals surface area contributed by atoms with Crippen molar-refractivity contribution in [2.24, 2.45) is 0 Å². The van der Waals surface area contributed by atoms with Gasteiger partial charge in [-0.15, -0.1) is 0 Å². The van der Waals surface area contributed by atoms with Crippen LogP contribution in [0.3, 0.4) is 0 Å². The molecule has 4 rings (SSSR count). The SMILES string of the molecule is O=C(O)/C=C\C(=O)O.O=C(O)/C=C\C(=O)O.[2H]C([2H])(N1CCN(CCO)CC1)C([2H])([2H])C([2H])([2H])N1c2ccccc2Sc2ccc(Cl)cc21. The maximum Gasteiger partial charge on any atom is 0.328 e. The van der Waals surface area contributed by atoms with E-state index in [1.165, 1.54) is 21.6 Å². The quantitative estimate of drug-likeness (QED) is 0.239. The predicted octanol–water partition coefficient (Wildman–Crippen LogP) is 3.37. The molecule has 5 N–H and O–H groups in total. The second-order valence-electron chi connectivity index (χ2n) is 8.44. The minimum Gasteiger partial charge on any atom is -0.478 e. The zero-order chi connectivity index (χ0) is 37.2. The number of hydrogen-bond acceptors (Lipinski definition) is 9. The molecular formula is C29H34ClN3O9S. The number of fused-ring (bicyclic) bond motifs is 2. The van der Waals surface area contributed by atoms with Crippen LogP contribution in [-0.2, 0) is 19.2 Å². The van der Waals surface area contributed by atoms with Crippen molar-refractivity contribution in [3.05, 3.63) is 71.8 Å². The smallest absolute Gasteiger partial charge is 0.328 e. The molecule has 0 radical (unpaired) electrons. The van der Waals surface area contributed by atoms with Gasteiger partial charge in [-0.3, -0.25) is 4.90 Å². The molecule has 43 heavy (non-hydrogen) atoms. The summed E-state index contributed by atoms with van der Waals surface area (Å²) in [5.41, 5.74) is 0.873. The fourth-order valence-corrected chi connectivity index (χ4v) is 4.72. The predicted molar refractivity (Wildman–Crippen MR) is 162 cm³/mol. The number of nitrogens with zero attached hydrogens (tertiary/aromatic N) is 3. The summed E-state index contributed by atoms with van der Waals surface area (Å²) in [6.07, 6.45) is -0.691. The van der Waals surface area contributed by atoms with Gasteiger partial charge < -0.3 is 35.3 Å². The highest BCUT2D eigenvalue weighted by Gasteiger charge is 2.23. The lowest BCUT2D eigenvalue weighted by Gasteiger charge is -2.36. The van der Waals surface area contributed by atoms with Crippen LogP contribution in [0, 0.1) is 0 Å². The normalized spacial score (nSPS) is 17.7. The summed E-state index contributed by atoms with van der Waals surface area (Å²) in [5, 5.41) is 40.8. The molecule has 2 aliphatic heterocycles. The molecule has 2 aromatic carbocycles. The second-order valence-corrected chi connectivity index (χ2v) is 9.96. The van der Waals surface area contributed by atoms with Crippen LogP contribution in [0.4, 0.5) is 11.4 Å². The van der Waals surface area contributed by atoms with Gasteiger partial charge in [0.2, 0.25) is 0 Å². The molecule has 0 unspecified atom stereocenters. The number of β-amino-alcohol motifs (C(OH)–C–C–N with tert-alkyl or cyclic N) is 1. The number of aliphatic carboxylic acids is 4. The molecule has 232 valence electrons. The highest BCUT2D eigenvalue weighted by atomic mass is 35.5. The van der Waals surface area contributed by atoms with Crippen LogP contribution in [0.25, 0.3) is 0 Å². The van der Waals surface area contributed by atoms with Gasteiger partial charge in [0.25, 0.3) is 0 Å². The van der Waals surface area contributed by atoms with Crippen LogP contribution < -0.4 is 4.90 Å². The van der Waals surface area contributed by atoms with E-state index >= 15 is 0 Å². The standard InChI is InChI=1S/C21H26ClN3OS.2C4H4O4/c22-17-6-7-21-19(16-17)25(18-4-1-2-5-20(18)27-21)9-3-8-23-10-12-24(13-11-23)14-15-26;2*5-3(6)1-2-4(7)8/h1-2,4-7,16,26H,3,8-15H2;2*1-2H,(H,5,6)(H,7,8)/b;2*2-1-/i3D2,8D2,9D2;;. The van der Waals surface area contributed by atoms with Gasteiger partial charge in [-0.2, -0.15) is 0 Å². The summed E-state index contributed by atoms with van der Waals surface area (Å²) in [5.74, 6) is -5.03. The van der Waals surface area contributed by atoms with Gasteiger partial charge >= 0.3 is 23.9 Å². The Hall–Kier alpha value is -3.88. The molecule has 14 heteroatoms. The molecule has 1 fully saturated rings. The van der Waals surface area contributed by atoms with Gasteiger partial charge in [-0.1, -0.05) is 35.5 Å². The Kier molecular flexibility index (Phi) is 11.6. The zero-order valence-electron chi connectivity index (χ0n) is 28.6. The Labute approximate surface area is 266 Å². The Morgan fingerprint density at radius 2 is 1.28 bits per heavy atom. The summed E-state index contributed by atoms with van der Waals surface area (Å²) in [4.78, 5) is 44.3. The number of hydrogen-bond donors (Lipinski definition) is 5. The van der Waals surface area contributed by atoms with Gasteiger partial charge in [0.15, 0.2) is 0 Å². The fourth-order valence-electron chi connectivity index (χ4n) is 3.52. The number of aliphatic hydroxyl groups is 1. The van der Waals surface area contributed by atoms with Crippen molar-refractivity contribution in [3.8, 4) is 0 Å². The molecule has 0 aromatic heterocycles. The molecule has 0 spiro atoms.